The Bertz CT molecular complexity index is 1120. The minimum atomic E-state index is -1.51. The molecule has 7 atom stereocenters. The fourth-order valence-electron chi connectivity index (χ4n) is 4.73. The molecule has 2 aliphatic heterocycles. The maximum absolute atomic E-state index is 10.3. The van der Waals surface area contributed by atoms with Crippen LogP contribution in [0.25, 0.3) is 6.08 Å². The first-order valence-corrected chi connectivity index (χ1v) is 12.2. The average molecular weight is 535 g/mol. The predicted molar refractivity (Wildman–Crippen MR) is 134 cm³/mol. The van der Waals surface area contributed by atoms with Gasteiger partial charge in [-0.05, 0) is 35.4 Å². The lowest BCUT2D eigenvalue weighted by Crippen LogP contribution is -2.59. The Morgan fingerprint density at radius 2 is 1.58 bits per heavy atom. The maximum Gasteiger partial charge on any atom is 0.187 e. The molecule has 2 aromatic carbocycles. The molecule has 0 amide bonds. The van der Waals surface area contributed by atoms with Gasteiger partial charge in [-0.25, -0.2) is 0 Å². The number of fused-ring (bicyclic) bond motifs is 1. The highest BCUT2D eigenvalue weighted by Crippen LogP contribution is 2.51. The van der Waals surface area contributed by atoms with E-state index in [4.69, 9.17) is 28.4 Å². The van der Waals surface area contributed by atoms with Gasteiger partial charge < -0.3 is 54.0 Å². The Morgan fingerprint density at radius 1 is 0.842 bits per heavy atom. The van der Waals surface area contributed by atoms with Crippen molar-refractivity contribution in [2.45, 2.75) is 42.7 Å². The van der Waals surface area contributed by atoms with Crippen LogP contribution >= 0.6 is 0 Å². The Hall–Kier alpha value is -2.90. The normalized spacial score (nSPS) is 28.7. The second-order valence-electron chi connectivity index (χ2n) is 9.02. The van der Waals surface area contributed by atoms with Crippen molar-refractivity contribution in [1.82, 2.24) is 0 Å². The molecule has 0 unspecified atom stereocenters. The molecule has 208 valence electrons. The quantitative estimate of drug-likeness (QED) is 0.293. The van der Waals surface area contributed by atoms with Crippen molar-refractivity contribution in [1.29, 1.82) is 0 Å². The van der Waals surface area contributed by atoms with Crippen LogP contribution in [-0.4, -0.2) is 97.4 Å². The van der Waals surface area contributed by atoms with Crippen molar-refractivity contribution < 1.29 is 54.0 Å². The van der Waals surface area contributed by atoms with Gasteiger partial charge in [-0.2, -0.15) is 0 Å². The summed E-state index contributed by atoms with van der Waals surface area (Å²) in [6, 6.07) is 9.15. The molecule has 0 radical (unpaired) electrons. The van der Waals surface area contributed by atoms with Crippen LogP contribution in [0, 0.1) is 0 Å². The van der Waals surface area contributed by atoms with E-state index in [1.165, 1.54) is 7.11 Å². The summed E-state index contributed by atoms with van der Waals surface area (Å²) in [7, 11) is 4.65. The van der Waals surface area contributed by atoms with Crippen LogP contribution < -0.4 is 18.9 Å². The molecule has 2 aromatic rings. The number of methoxy groups -OCH3 is 3. The highest BCUT2D eigenvalue weighted by Gasteiger charge is 2.44. The van der Waals surface area contributed by atoms with Gasteiger partial charge in [0.1, 0.15) is 30.5 Å². The molecule has 0 aliphatic carbocycles. The Balaban J connectivity index is 1.50. The predicted octanol–water partition coefficient (Wildman–Crippen LogP) is 0.752. The number of hydrogen-bond acceptors (Lipinski definition) is 11. The molecular weight excluding hydrogens is 500 g/mol. The second kappa shape index (κ2) is 12.3. The topological polar surface area (TPSA) is 157 Å². The Kier molecular flexibility index (Phi) is 9.11. The smallest absolute Gasteiger partial charge is 0.187 e. The van der Waals surface area contributed by atoms with Crippen LogP contribution in [0.1, 0.15) is 28.7 Å². The van der Waals surface area contributed by atoms with Crippen molar-refractivity contribution in [3.05, 3.63) is 53.1 Å². The van der Waals surface area contributed by atoms with Crippen LogP contribution in [0.15, 0.2) is 36.4 Å². The lowest BCUT2D eigenvalue weighted by Gasteiger charge is -2.39. The van der Waals surface area contributed by atoms with E-state index in [0.29, 0.717) is 23.0 Å². The van der Waals surface area contributed by atoms with Gasteiger partial charge in [-0.15, -0.1) is 0 Å². The molecule has 2 heterocycles. The summed E-state index contributed by atoms with van der Waals surface area (Å²) in [6.45, 7) is -0.688. The van der Waals surface area contributed by atoms with Gasteiger partial charge in [0.25, 0.3) is 0 Å². The molecule has 1 fully saturated rings. The SMILES string of the molecule is COc1ccc([C@@H]2Oc3c(OC)cc(C=CCO[C@@H]4O[C@H](CO)[C@@H](O)[C@H](O)[C@H]4O)cc3[C@H]2CO)cc1OC. The monoisotopic (exact) mass is 534 g/mol. The van der Waals surface area contributed by atoms with Gasteiger partial charge in [-0.3, -0.25) is 0 Å². The van der Waals surface area contributed by atoms with Gasteiger partial charge in [0, 0.05) is 5.56 Å². The van der Waals surface area contributed by atoms with E-state index in [-0.39, 0.29) is 19.1 Å². The van der Waals surface area contributed by atoms with E-state index in [1.54, 1.807) is 38.5 Å². The summed E-state index contributed by atoms with van der Waals surface area (Å²) in [5.74, 6) is 1.81. The third-order valence-corrected chi connectivity index (χ3v) is 6.78. The van der Waals surface area contributed by atoms with Gasteiger partial charge in [0.15, 0.2) is 29.3 Å². The van der Waals surface area contributed by atoms with Crippen molar-refractivity contribution in [2.24, 2.45) is 0 Å². The van der Waals surface area contributed by atoms with Crippen molar-refractivity contribution in [2.75, 3.05) is 41.2 Å². The minimum absolute atomic E-state index is 0.0102. The fourth-order valence-corrected chi connectivity index (χ4v) is 4.73. The van der Waals surface area contributed by atoms with Crippen molar-refractivity contribution >= 4 is 6.08 Å². The van der Waals surface area contributed by atoms with Crippen LogP contribution in [0.2, 0.25) is 0 Å². The summed E-state index contributed by atoms with van der Waals surface area (Å²) in [4.78, 5) is 0. The molecule has 11 nitrogen and oxygen atoms in total. The number of rotatable bonds is 10. The van der Waals surface area contributed by atoms with Crippen molar-refractivity contribution in [3.63, 3.8) is 0 Å². The molecule has 0 aromatic heterocycles. The Labute approximate surface area is 220 Å². The number of aliphatic hydroxyl groups excluding tert-OH is 5. The van der Waals surface area contributed by atoms with Crippen molar-refractivity contribution in [3.8, 4) is 23.0 Å². The van der Waals surface area contributed by atoms with E-state index in [9.17, 15) is 25.5 Å². The molecule has 1 saturated heterocycles. The standard InChI is InChI=1S/C27H34O11/c1-33-18-7-6-15(11-19(18)34-2)25-17(12-28)16-9-14(10-20(35-3)26(16)38-25)5-4-8-36-27-24(32)23(31)22(30)21(13-29)37-27/h4-7,9-11,17,21-25,27-32H,8,12-13H2,1-3H3/t17-,21-,22-,23+,24-,25+,27-/m1/s1. The summed E-state index contributed by atoms with van der Waals surface area (Å²) in [6.07, 6.45) is -3.73. The van der Waals surface area contributed by atoms with Crippen LogP contribution in [0.3, 0.4) is 0 Å². The molecule has 2 aliphatic rings. The van der Waals surface area contributed by atoms with E-state index >= 15 is 0 Å². The first-order chi connectivity index (χ1) is 18.4. The summed E-state index contributed by atoms with van der Waals surface area (Å²) in [5.41, 5.74) is 2.35. The zero-order valence-electron chi connectivity index (χ0n) is 21.4. The van der Waals surface area contributed by atoms with Crippen LogP contribution in [0.5, 0.6) is 23.0 Å². The highest BCUT2D eigenvalue weighted by atomic mass is 16.7. The maximum atomic E-state index is 10.3. The van der Waals surface area contributed by atoms with Gasteiger partial charge in [0.2, 0.25) is 0 Å². The highest BCUT2D eigenvalue weighted by molar-refractivity contribution is 5.62. The minimum Gasteiger partial charge on any atom is -0.493 e. The molecule has 0 saturated carbocycles. The number of hydrogen-bond donors (Lipinski definition) is 5. The molecule has 4 rings (SSSR count). The van der Waals surface area contributed by atoms with Gasteiger partial charge in [0.05, 0.1) is 47.1 Å². The molecular formula is C27H34O11. The number of aliphatic hydroxyl groups is 5. The summed E-state index contributed by atoms with van der Waals surface area (Å²) >= 11 is 0. The Morgan fingerprint density at radius 3 is 2.24 bits per heavy atom. The molecule has 0 spiro atoms. The van der Waals surface area contributed by atoms with E-state index < -0.39 is 43.4 Å². The summed E-state index contributed by atoms with van der Waals surface area (Å²) < 4.78 is 33.4. The summed E-state index contributed by atoms with van der Waals surface area (Å²) in [5, 5.41) is 49.5. The average Bonchev–Trinajstić information content (AvgIpc) is 3.32. The largest absolute Gasteiger partial charge is 0.493 e. The fraction of sp³-hybridized carbons (Fsp3) is 0.481. The van der Waals surface area contributed by atoms with Gasteiger partial charge >= 0.3 is 0 Å². The lowest BCUT2D eigenvalue weighted by molar-refractivity contribution is -0.298. The van der Waals surface area contributed by atoms with E-state index in [1.807, 2.05) is 18.2 Å². The first-order valence-electron chi connectivity index (χ1n) is 12.2. The zero-order chi connectivity index (χ0) is 27.4. The van der Waals surface area contributed by atoms with E-state index in [2.05, 4.69) is 0 Å². The third kappa shape index (κ3) is 5.45. The lowest BCUT2D eigenvalue weighted by atomic mass is 9.90. The second-order valence-corrected chi connectivity index (χ2v) is 9.02. The van der Waals surface area contributed by atoms with E-state index in [0.717, 1.165) is 16.7 Å². The molecule has 11 heteroatoms. The number of benzene rings is 2. The van der Waals surface area contributed by atoms with Gasteiger partial charge in [-0.1, -0.05) is 18.2 Å². The zero-order valence-corrected chi connectivity index (χ0v) is 21.4. The molecule has 5 N–H and O–H groups in total. The third-order valence-electron chi connectivity index (χ3n) is 6.78. The molecule has 38 heavy (non-hydrogen) atoms. The van der Waals surface area contributed by atoms with Crippen LogP contribution in [-0.2, 0) is 9.47 Å². The van der Waals surface area contributed by atoms with Crippen LogP contribution in [0.4, 0.5) is 0 Å². The molecule has 0 bridgehead atoms. The number of ether oxygens (including phenoxy) is 6. The first kappa shape index (κ1) is 28.1.